The minimum atomic E-state index is -4.31. The Bertz CT molecular complexity index is 1200. The number of aryl methyl sites for hydroxylation is 2. The molecule has 0 spiro atoms. The molecule has 1 N–H and O–H groups in total. The summed E-state index contributed by atoms with van der Waals surface area (Å²) in [5.41, 5.74) is 5.44. The van der Waals surface area contributed by atoms with Crippen LogP contribution < -0.4 is 39.6 Å². The van der Waals surface area contributed by atoms with Gasteiger partial charge in [0.2, 0.25) is 15.9 Å². The third-order valence-electron chi connectivity index (χ3n) is 6.13. The van der Waals surface area contributed by atoms with Gasteiger partial charge >= 0.3 is 29.6 Å². The Kier molecular flexibility index (Phi) is 7.07. The average molecular weight is 479 g/mol. The molecule has 0 saturated carbocycles. The van der Waals surface area contributed by atoms with E-state index in [4.69, 9.17) is 15.9 Å². The third kappa shape index (κ3) is 4.66. The molecule has 168 valence electrons. The number of ether oxygens (including phenoxy) is 2. The summed E-state index contributed by atoms with van der Waals surface area (Å²) in [7, 11) is -4.31. The number of amides is 2. The number of nitrogens with one attached hydrogen (secondary N) is 1. The van der Waals surface area contributed by atoms with E-state index in [2.05, 4.69) is 27.1 Å². The summed E-state index contributed by atoms with van der Waals surface area (Å²) in [6, 6.07) is 1.33. The summed E-state index contributed by atoms with van der Waals surface area (Å²) < 4.78 is 41.6. The number of fused-ring (bicyclic) bond motifs is 3. The molecule has 1 aromatic carbocycles. The number of hydrogen-bond donors (Lipinski definition) is 1. The van der Waals surface area contributed by atoms with Gasteiger partial charge in [0.15, 0.2) is 10.9 Å². The molecule has 2 amide bonds. The van der Waals surface area contributed by atoms with E-state index in [9.17, 15) is 13.2 Å². The molecule has 0 unspecified atom stereocenters. The van der Waals surface area contributed by atoms with Crippen LogP contribution >= 0.6 is 0 Å². The first kappa shape index (κ1) is 24.1. The molecule has 2 aromatic rings. The van der Waals surface area contributed by atoms with Crippen LogP contribution in [0.3, 0.4) is 0 Å². The van der Waals surface area contributed by atoms with Gasteiger partial charge in [0.1, 0.15) is 19.3 Å². The second-order valence-corrected chi connectivity index (χ2v) is 9.75. The number of sulfonamides is 1. The van der Waals surface area contributed by atoms with Crippen LogP contribution in [-0.4, -0.2) is 43.5 Å². The van der Waals surface area contributed by atoms with Crippen LogP contribution in [0.1, 0.15) is 35.1 Å². The summed E-state index contributed by atoms with van der Waals surface area (Å²) in [5, 5.41) is 6.84. The number of nitrogens with zero attached hydrogens (tertiary/aromatic N) is 3. The molecule has 0 radical (unpaired) electrons. The fourth-order valence-electron chi connectivity index (χ4n) is 4.75. The Morgan fingerprint density at radius 1 is 1.27 bits per heavy atom. The zero-order chi connectivity index (χ0) is 22.3. The molecular formula is C22H23N4NaO5S. The van der Waals surface area contributed by atoms with Crippen LogP contribution in [0.15, 0.2) is 17.2 Å². The predicted molar refractivity (Wildman–Crippen MR) is 116 cm³/mol. The van der Waals surface area contributed by atoms with Crippen LogP contribution in [0.2, 0.25) is 0 Å². The number of terminal acetylenes is 1. The second kappa shape index (κ2) is 9.68. The molecule has 2 heterocycles. The van der Waals surface area contributed by atoms with Gasteiger partial charge in [-0.05, 0) is 66.5 Å². The van der Waals surface area contributed by atoms with Crippen LogP contribution in [0, 0.1) is 12.3 Å². The molecule has 1 aromatic heterocycles. The largest absolute Gasteiger partial charge is 1.00 e. The van der Waals surface area contributed by atoms with Gasteiger partial charge in [-0.15, -0.1) is 6.42 Å². The topological polar surface area (TPSA) is 114 Å². The number of carbonyl (C=O) groups is 1. The molecular weight excluding hydrogens is 455 g/mol. The van der Waals surface area contributed by atoms with Gasteiger partial charge in [0.05, 0.1) is 12.7 Å². The summed E-state index contributed by atoms with van der Waals surface area (Å²) in [5.74, 6) is 2.42. The Balaban J connectivity index is 0.00000259. The molecule has 33 heavy (non-hydrogen) atoms. The monoisotopic (exact) mass is 478 g/mol. The van der Waals surface area contributed by atoms with Gasteiger partial charge in [0.25, 0.3) is 0 Å². The van der Waals surface area contributed by atoms with Crippen molar-refractivity contribution in [2.45, 2.75) is 56.1 Å². The molecule has 1 aliphatic heterocycles. The number of hydrogen-bond acceptors (Lipinski definition) is 6. The molecule has 2 aliphatic carbocycles. The minimum Gasteiger partial charge on any atom is -0.474 e. The Morgan fingerprint density at radius 2 is 1.97 bits per heavy atom. The number of aromatic nitrogens is 2. The van der Waals surface area contributed by atoms with Crippen molar-refractivity contribution in [3.05, 3.63) is 39.2 Å². The number of urea groups is 1. The zero-order valence-corrected chi connectivity index (χ0v) is 21.3. The van der Waals surface area contributed by atoms with E-state index in [1.54, 1.807) is 0 Å². The summed E-state index contributed by atoms with van der Waals surface area (Å²) in [6.07, 6.45) is 11.8. The minimum absolute atomic E-state index is 0. The van der Waals surface area contributed by atoms with Crippen LogP contribution in [0.5, 0.6) is 5.88 Å². The zero-order valence-electron chi connectivity index (χ0n) is 18.5. The van der Waals surface area contributed by atoms with Gasteiger partial charge in [-0.3, -0.25) is 4.79 Å². The first-order chi connectivity index (χ1) is 15.5. The smallest absolute Gasteiger partial charge is 0.474 e. The van der Waals surface area contributed by atoms with Crippen LogP contribution in [-0.2, 0) is 47.0 Å². The van der Waals surface area contributed by atoms with Crippen molar-refractivity contribution in [3.8, 4) is 18.2 Å². The number of carbonyl (C=O) groups excluding carboxylic acids is 1. The van der Waals surface area contributed by atoms with E-state index in [0.717, 1.165) is 61.5 Å². The van der Waals surface area contributed by atoms with Crippen molar-refractivity contribution in [2.75, 3.05) is 18.5 Å². The van der Waals surface area contributed by atoms with Crippen LogP contribution in [0.25, 0.3) is 4.72 Å². The van der Waals surface area contributed by atoms with E-state index in [1.165, 1.54) is 15.8 Å². The van der Waals surface area contributed by atoms with Gasteiger partial charge in [-0.25, -0.2) is 13.1 Å². The molecule has 0 fully saturated rings. The van der Waals surface area contributed by atoms with Gasteiger partial charge in [0, 0.05) is 0 Å². The number of benzene rings is 1. The van der Waals surface area contributed by atoms with Crippen molar-refractivity contribution < 1.29 is 52.2 Å². The molecule has 1 atom stereocenters. The maximum Gasteiger partial charge on any atom is 1.00 e. The Morgan fingerprint density at radius 3 is 2.64 bits per heavy atom. The summed E-state index contributed by atoms with van der Waals surface area (Å²) in [4.78, 5) is 12.5. The van der Waals surface area contributed by atoms with Gasteiger partial charge in [-0.2, -0.15) is 5.10 Å². The first-order valence-electron chi connectivity index (χ1n) is 10.7. The van der Waals surface area contributed by atoms with Gasteiger partial charge in [-0.1, -0.05) is 12.0 Å². The normalized spacial score (nSPS) is 18.2. The number of anilines is 1. The van der Waals surface area contributed by atoms with E-state index >= 15 is 0 Å². The van der Waals surface area contributed by atoms with Crippen molar-refractivity contribution >= 4 is 21.7 Å². The second-order valence-electron chi connectivity index (χ2n) is 8.17. The third-order valence-corrected chi connectivity index (χ3v) is 7.37. The number of rotatable bonds is 5. The Labute approximate surface area is 214 Å². The summed E-state index contributed by atoms with van der Waals surface area (Å²) in [6.45, 7) is 0.545. The average Bonchev–Trinajstić information content (AvgIpc) is 3.50. The van der Waals surface area contributed by atoms with E-state index < -0.39 is 16.1 Å². The molecule has 0 bridgehead atoms. The standard InChI is InChI=1S/C22H24N4O5S.Na/c1-2-9-30-16-12-26-21(31-13-16)19(11-23-26)32(28,29)25-22(27)24-20-17-7-3-5-14(17)10-15-6-4-8-18(15)20;/h1,10-11,16H,3-9,12-13H2,(H2,24,25,27);/q;+1/p-1/t16-;/m1./s1. The van der Waals surface area contributed by atoms with E-state index in [-0.39, 0.29) is 59.7 Å². The summed E-state index contributed by atoms with van der Waals surface area (Å²) >= 11 is 0. The first-order valence-corrected chi connectivity index (χ1v) is 12.1. The SMILES string of the molecule is C#CCO[C@H]1COc2c(S(=O)(=O)[N-]C(=O)Nc3c4c(cc5c3CCC5)CCC4)cnn2C1.[Na+]. The van der Waals surface area contributed by atoms with E-state index in [1.807, 2.05) is 0 Å². The molecule has 0 saturated heterocycles. The van der Waals surface area contributed by atoms with Crippen molar-refractivity contribution in [1.29, 1.82) is 0 Å². The maximum absolute atomic E-state index is 12.9. The van der Waals surface area contributed by atoms with Crippen LogP contribution in [0.4, 0.5) is 10.5 Å². The molecule has 5 rings (SSSR count). The van der Waals surface area contributed by atoms with E-state index in [0.29, 0.717) is 6.54 Å². The van der Waals surface area contributed by atoms with Crippen molar-refractivity contribution in [3.63, 3.8) is 0 Å². The fraction of sp³-hybridized carbons (Fsp3) is 0.455. The fourth-order valence-corrected chi connectivity index (χ4v) is 5.68. The molecule has 9 nitrogen and oxygen atoms in total. The predicted octanol–water partition coefficient (Wildman–Crippen LogP) is -0.430. The van der Waals surface area contributed by atoms with Gasteiger partial charge < -0.3 is 19.5 Å². The van der Waals surface area contributed by atoms with Crippen molar-refractivity contribution in [1.82, 2.24) is 9.78 Å². The van der Waals surface area contributed by atoms with Crippen molar-refractivity contribution in [2.24, 2.45) is 0 Å². The quantitative estimate of drug-likeness (QED) is 0.461. The molecule has 11 heteroatoms. The Hall–Kier alpha value is -2.03. The maximum atomic E-state index is 12.9. The molecule has 3 aliphatic rings.